The Morgan fingerprint density at radius 3 is 2.88 bits per heavy atom. The van der Waals surface area contributed by atoms with Crippen molar-refractivity contribution in [2.24, 2.45) is 22.7 Å². The van der Waals surface area contributed by atoms with E-state index in [-0.39, 0.29) is 29.5 Å². The summed E-state index contributed by atoms with van der Waals surface area (Å²) in [6, 6.07) is 0. The number of nitrogens with two attached hydrogens (primary N) is 1. The molecule has 2 atom stereocenters. The van der Waals surface area contributed by atoms with Crippen molar-refractivity contribution in [2.75, 3.05) is 19.6 Å². The van der Waals surface area contributed by atoms with E-state index < -0.39 is 0 Å². The van der Waals surface area contributed by atoms with Crippen LogP contribution in [0.15, 0.2) is 5.16 Å². The number of rotatable bonds is 2. The molecule has 2 fully saturated rings. The first kappa shape index (κ1) is 10.9. The SMILES string of the molecule is NC(CN1CC[C@H]2C(=O)NC(=O)[C@@H]2C1)=NO. The number of nitrogens with zero attached hydrogens (tertiary/aromatic N) is 2. The van der Waals surface area contributed by atoms with Crippen LogP contribution in [0, 0.1) is 11.8 Å². The van der Waals surface area contributed by atoms with Gasteiger partial charge in [-0.1, -0.05) is 5.16 Å². The van der Waals surface area contributed by atoms with Crippen LogP contribution in [-0.4, -0.2) is 47.4 Å². The number of oxime groups is 1. The summed E-state index contributed by atoms with van der Waals surface area (Å²) in [4.78, 5) is 24.7. The minimum absolute atomic E-state index is 0.114. The summed E-state index contributed by atoms with van der Waals surface area (Å²) in [6.07, 6.45) is 0.640. The molecule has 7 heteroatoms. The standard InChI is InChI=1S/C9H14N4O3/c10-7(12-16)4-13-2-1-5-6(3-13)9(15)11-8(5)14/h5-6,16H,1-4H2,(H2,10,12)(H,11,14,15)/t5-,6-/m1/s1. The first-order valence-electron chi connectivity index (χ1n) is 5.15. The molecule has 88 valence electrons. The first-order valence-corrected chi connectivity index (χ1v) is 5.15. The van der Waals surface area contributed by atoms with Crippen molar-refractivity contribution < 1.29 is 14.8 Å². The van der Waals surface area contributed by atoms with E-state index in [9.17, 15) is 9.59 Å². The third kappa shape index (κ3) is 1.85. The van der Waals surface area contributed by atoms with Crippen LogP contribution in [0.5, 0.6) is 0 Å². The zero-order valence-corrected chi connectivity index (χ0v) is 8.72. The molecule has 0 bridgehead atoms. The molecule has 16 heavy (non-hydrogen) atoms. The number of nitrogens with one attached hydrogen (secondary N) is 1. The monoisotopic (exact) mass is 226 g/mol. The quantitative estimate of drug-likeness (QED) is 0.171. The summed E-state index contributed by atoms with van der Waals surface area (Å²) < 4.78 is 0. The summed E-state index contributed by atoms with van der Waals surface area (Å²) in [7, 11) is 0. The average Bonchev–Trinajstić information content (AvgIpc) is 2.54. The predicted molar refractivity (Wildman–Crippen MR) is 54.6 cm³/mol. The van der Waals surface area contributed by atoms with E-state index in [0.29, 0.717) is 26.1 Å². The molecule has 2 amide bonds. The molecule has 4 N–H and O–H groups in total. The number of carbonyl (C=O) groups is 2. The van der Waals surface area contributed by atoms with Crippen LogP contribution in [0.25, 0.3) is 0 Å². The average molecular weight is 226 g/mol. The van der Waals surface area contributed by atoms with Gasteiger partial charge in [0, 0.05) is 6.54 Å². The lowest BCUT2D eigenvalue weighted by molar-refractivity contribution is -0.126. The molecule has 0 aromatic carbocycles. The van der Waals surface area contributed by atoms with Gasteiger partial charge in [-0.25, -0.2) is 0 Å². The predicted octanol–water partition coefficient (Wildman–Crippen LogP) is -1.67. The third-order valence-corrected chi connectivity index (χ3v) is 3.13. The number of likely N-dealkylation sites (tertiary alicyclic amines) is 1. The Bertz CT molecular complexity index is 355. The molecule has 2 heterocycles. The summed E-state index contributed by atoms with van der Waals surface area (Å²) in [6.45, 7) is 1.48. The number of piperidine rings is 1. The minimum atomic E-state index is -0.284. The highest BCUT2D eigenvalue weighted by Gasteiger charge is 2.44. The number of imide groups is 1. The Morgan fingerprint density at radius 1 is 1.50 bits per heavy atom. The van der Waals surface area contributed by atoms with E-state index in [2.05, 4.69) is 10.5 Å². The maximum absolute atomic E-state index is 11.5. The van der Waals surface area contributed by atoms with Gasteiger partial charge in [0.1, 0.15) is 0 Å². The van der Waals surface area contributed by atoms with Crippen molar-refractivity contribution in [1.29, 1.82) is 0 Å². The fourth-order valence-corrected chi connectivity index (χ4v) is 2.31. The number of fused-ring (bicyclic) bond motifs is 1. The van der Waals surface area contributed by atoms with Crippen molar-refractivity contribution >= 4 is 17.6 Å². The smallest absolute Gasteiger partial charge is 0.231 e. The zero-order chi connectivity index (χ0) is 11.7. The van der Waals surface area contributed by atoms with Crippen LogP contribution in [0.3, 0.4) is 0 Å². The molecule has 0 spiro atoms. The number of amidine groups is 1. The van der Waals surface area contributed by atoms with E-state index in [0.717, 1.165) is 0 Å². The molecule has 0 saturated carbocycles. The lowest BCUT2D eigenvalue weighted by atomic mass is 9.88. The van der Waals surface area contributed by atoms with Gasteiger partial charge in [-0.15, -0.1) is 0 Å². The molecule has 2 aliphatic rings. The van der Waals surface area contributed by atoms with E-state index in [1.165, 1.54) is 0 Å². The lowest BCUT2D eigenvalue weighted by Crippen LogP contribution is -2.45. The second kappa shape index (κ2) is 4.09. The van der Waals surface area contributed by atoms with Crippen molar-refractivity contribution in [3.05, 3.63) is 0 Å². The maximum Gasteiger partial charge on any atom is 0.231 e. The second-order valence-corrected chi connectivity index (χ2v) is 4.18. The second-order valence-electron chi connectivity index (χ2n) is 4.18. The third-order valence-electron chi connectivity index (χ3n) is 3.13. The molecule has 0 aromatic rings. The maximum atomic E-state index is 11.5. The van der Waals surface area contributed by atoms with E-state index in [4.69, 9.17) is 10.9 Å². The van der Waals surface area contributed by atoms with Gasteiger partial charge in [0.25, 0.3) is 0 Å². The van der Waals surface area contributed by atoms with Gasteiger partial charge in [0.2, 0.25) is 11.8 Å². The van der Waals surface area contributed by atoms with Crippen molar-refractivity contribution in [3.8, 4) is 0 Å². The van der Waals surface area contributed by atoms with Crippen LogP contribution >= 0.6 is 0 Å². The largest absolute Gasteiger partial charge is 0.409 e. The van der Waals surface area contributed by atoms with Crippen LogP contribution in [0.1, 0.15) is 6.42 Å². The van der Waals surface area contributed by atoms with Crippen molar-refractivity contribution in [2.45, 2.75) is 6.42 Å². The molecule has 2 rings (SSSR count). The highest BCUT2D eigenvalue weighted by atomic mass is 16.4. The molecule has 0 aliphatic carbocycles. The highest BCUT2D eigenvalue weighted by Crippen LogP contribution is 2.28. The van der Waals surface area contributed by atoms with E-state index >= 15 is 0 Å². The Hall–Kier alpha value is -1.63. The summed E-state index contributed by atoms with van der Waals surface area (Å²) in [5.74, 6) is -0.746. The lowest BCUT2D eigenvalue weighted by Gasteiger charge is -2.31. The fraction of sp³-hybridized carbons (Fsp3) is 0.667. The van der Waals surface area contributed by atoms with Crippen LogP contribution in [0.2, 0.25) is 0 Å². The van der Waals surface area contributed by atoms with Crippen LogP contribution in [0.4, 0.5) is 0 Å². The van der Waals surface area contributed by atoms with Crippen molar-refractivity contribution in [3.63, 3.8) is 0 Å². The molecular formula is C9H14N4O3. The molecule has 2 saturated heterocycles. The van der Waals surface area contributed by atoms with Crippen LogP contribution in [-0.2, 0) is 9.59 Å². The van der Waals surface area contributed by atoms with Gasteiger partial charge in [-0.2, -0.15) is 0 Å². The number of hydrogen-bond donors (Lipinski definition) is 3. The molecule has 0 aromatic heterocycles. The molecule has 7 nitrogen and oxygen atoms in total. The Kier molecular flexibility index (Phi) is 2.78. The Balaban J connectivity index is 2.00. The summed E-state index contributed by atoms with van der Waals surface area (Å²) in [5, 5.41) is 13.7. The van der Waals surface area contributed by atoms with Gasteiger partial charge in [-0.05, 0) is 13.0 Å². The van der Waals surface area contributed by atoms with Gasteiger partial charge < -0.3 is 10.9 Å². The van der Waals surface area contributed by atoms with Gasteiger partial charge in [0.05, 0.1) is 18.4 Å². The molecule has 0 unspecified atom stereocenters. The molecule has 2 aliphatic heterocycles. The zero-order valence-electron chi connectivity index (χ0n) is 8.72. The molecule has 0 radical (unpaired) electrons. The first-order chi connectivity index (χ1) is 7.61. The fourth-order valence-electron chi connectivity index (χ4n) is 2.31. The van der Waals surface area contributed by atoms with E-state index in [1.54, 1.807) is 0 Å². The number of amides is 2. The normalized spacial score (nSPS) is 31.4. The molecular weight excluding hydrogens is 212 g/mol. The van der Waals surface area contributed by atoms with Gasteiger partial charge >= 0.3 is 0 Å². The highest BCUT2D eigenvalue weighted by molar-refractivity contribution is 6.05. The topological polar surface area (TPSA) is 108 Å². The Labute approximate surface area is 92.3 Å². The van der Waals surface area contributed by atoms with Gasteiger partial charge in [0.15, 0.2) is 5.84 Å². The summed E-state index contributed by atoms with van der Waals surface area (Å²) in [5.41, 5.74) is 5.39. The summed E-state index contributed by atoms with van der Waals surface area (Å²) >= 11 is 0. The number of hydrogen-bond acceptors (Lipinski definition) is 5. The van der Waals surface area contributed by atoms with Crippen LogP contribution < -0.4 is 11.1 Å². The Morgan fingerprint density at radius 2 is 2.19 bits per heavy atom. The minimum Gasteiger partial charge on any atom is -0.409 e. The number of carbonyl (C=O) groups excluding carboxylic acids is 2. The van der Waals surface area contributed by atoms with Gasteiger partial charge in [-0.3, -0.25) is 19.8 Å². The van der Waals surface area contributed by atoms with Crippen molar-refractivity contribution in [1.82, 2.24) is 10.2 Å². The van der Waals surface area contributed by atoms with E-state index in [1.807, 2.05) is 4.90 Å².